The van der Waals surface area contributed by atoms with Gasteiger partial charge in [-0.15, -0.1) is 0 Å². The monoisotopic (exact) mass is 598 g/mol. The lowest BCUT2D eigenvalue weighted by molar-refractivity contribution is -0.138. The van der Waals surface area contributed by atoms with Crippen molar-refractivity contribution in [2.24, 2.45) is 5.92 Å². The van der Waals surface area contributed by atoms with Crippen LogP contribution in [0.2, 0.25) is 10.0 Å². The molecule has 2 saturated heterocycles. The molecular formula is C29H32Cl2N6O4. The number of aromatic nitrogens is 3. The van der Waals surface area contributed by atoms with Crippen molar-refractivity contribution in [3.05, 3.63) is 58.3 Å². The first-order valence-corrected chi connectivity index (χ1v) is 14.4. The van der Waals surface area contributed by atoms with Crippen molar-refractivity contribution < 1.29 is 19.4 Å². The van der Waals surface area contributed by atoms with Gasteiger partial charge in [-0.3, -0.25) is 14.5 Å². The first kappa shape index (κ1) is 29.0. The Morgan fingerprint density at radius 1 is 1.02 bits per heavy atom. The summed E-state index contributed by atoms with van der Waals surface area (Å²) in [7, 11) is 0. The van der Waals surface area contributed by atoms with Gasteiger partial charge in [-0.05, 0) is 68.1 Å². The van der Waals surface area contributed by atoms with E-state index in [1.807, 2.05) is 29.2 Å². The van der Waals surface area contributed by atoms with Crippen LogP contribution in [-0.4, -0.2) is 69.1 Å². The standard InChI is InChI=1S/C29H32Cl2N6O4/c1-18(38)34-24-4-7-37(17-24)29-32-14-25(15-33-29)41-27-9-20(16-36-5-2-19(3-6-36)10-28(39)40)8-26(35-27)21-11-22(30)13-23(31)12-21/h8-9,11-15,19,24H,2-7,10,16-17H2,1H3,(H,34,38)(H,39,40). The molecule has 0 aliphatic carbocycles. The summed E-state index contributed by atoms with van der Waals surface area (Å²) in [5.41, 5.74) is 2.43. The third-order valence-electron chi connectivity index (χ3n) is 7.31. The van der Waals surface area contributed by atoms with E-state index >= 15 is 0 Å². The summed E-state index contributed by atoms with van der Waals surface area (Å²) < 4.78 is 6.12. The number of carbonyl (C=O) groups is 2. The van der Waals surface area contributed by atoms with E-state index in [0.717, 1.165) is 50.0 Å². The van der Waals surface area contributed by atoms with Crippen LogP contribution in [-0.2, 0) is 16.1 Å². The molecule has 216 valence electrons. The number of aliphatic carboxylic acids is 1. The maximum atomic E-state index is 11.4. The number of hydrogen-bond acceptors (Lipinski definition) is 8. The molecule has 1 aromatic carbocycles. The van der Waals surface area contributed by atoms with Crippen LogP contribution < -0.4 is 15.0 Å². The Morgan fingerprint density at radius 3 is 2.39 bits per heavy atom. The number of rotatable bonds is 9. The van der Waals surface area contributed by atoms with Crippen molar-refractivity contribution in [1.29, 1.82) is 0 Å². The largest absolute Gasteiger partial charge is 0.481 e. The number of carboxylic acid groups (broad SMARTS) is 1. The second-order valence-electron chi connectivity index (χ2n) is 10.6. The number of ether oxygens (including phenoxy) is 1. The van der Waals surface area contributed by atoms with Gasteiger partial charge in [-0.2, -0.15) is 0 Å². The van der Waals surface area contributed by atoms with Gasteiger partial charge in [-0.1, -0.05) is 23.2 Å². The van der Waals surface area contributed by atoms with Crippen LogP contribution in [0.25, 0.3) is 11.3 Å². The quantitative estimate of drug-likeness (QED) is 0.349. The first-order chi connectivity index (χ1) is 19.7. The molecule has 0 saturated carbocycles. The zero-order chi connectivity index (χ0) is 28.9. The molecule has 1 amide bonds. The van der Waals surface area contributed by atoms with Crippen molar-refractivity contribution in [1.82, 2.24) is 25.2 Å². The second-order valence-corrected chi connectivity index (χ2v) is 11.5. The van der Waals surface area contributed by atoms with Crippen molar-refractivity contribution in [3.8, 4) is 22.9 Å². The summed E-state index contributed by atoms with van der Waals surface area (Å²) in [5.74, 6) is 0.837. The number of hydrogen-bond donors (Lipinski definition) is 2. The molecule has 3 aromatic rings. The van der Waals surface area contributed by atoms with E-state index in [4.69, 9.17) is 38.0 Å². The highest BCUT2D eigenvalue weighted by molar-refractivity contribution is 6.35. The smallest absolute Gasteiger partial charge is 0.303 e. The Balaban J connectivity index is 1.33. The molecule has 41 heavy (non-hydrogen) atoms. The number of pyridine rings is 1. The van der Waals surface area contributed by atoms with E-state index in [1.54, 1.807) is 18.5 Å². The number of likely N-dealkylation sites (tertiary alicyclic amines) is 1. The van der Waals surface area contributed by atoms with E-state index in [-0.39, 0.29) is 24.3 Å². The van der Waals surface area contributed by atoms with Crippen molar-refractivity contribution in [2.75, 3.05) is 31.1 Å². The summed E-state index contributed by atoms with van der Waals surface area (Å²) in [6, 6.07) is 9.26. The number of carboxylic acids is 1. The number of anilines is 1. The summed E-state index contributed by atoms with van der Waals surface area (Å²) in [5, 5.41) is 13.1. The summed E-state index contributed by atoms with van der Waals surface area (Å²) in [4.78, 5) is 40.5. The molecule has 2 fully saturated rings. The fourth-order valence-corrected chi connectivity index (χ4v) is 5.93. The molecule has 0 radical (unpaired) electrons. The second kappa shape index (κ2) is 13.0. The number of piperidine rings is 1. The Labute approximate surface area is 248 Å². The number of carbonyl (C=O) groups excluding carboxylic acids is 1. The van der Waals surface area contributed by atoms with Crippen LogP contribution in [0, 0.1) is 5.92 Å². The van der Waals surface area contributed by atoms with E-state index in [1.165, 1.54) is 6.92 Å². The van der Waals surface area contributed by atoms with Crippen molar-refractivity contribution in [2.45, 2.75) is 45.2 Å². The fraction of sp³-hybridized carbons (Fsp3) is 0.414. The molecule has 2 aromatic heterocycles. The lowest BCUT2D eigenvalue weighted by atomic mass is 9.93. The van der Waals surface area contributed by atoms with Gasteiger partial charge >= 0.3 is 5.97 Å². The van der Waals surface area contributed by atoms with Gasteiger partial charge in [0, 0.05) is 60.7 Å². The first-order valence-electron chi connectivity index (χ1n) is 13.6. The maximum absolute atomic E-state index is 11.4. The SMILES string of the molecule is CC(=O)NC1CCN(c2ncc(Oc3cc(CN4CCC(CC(=O)O)CC4)cc(-c4cc(Cl)cc(Cl)c4)n3)cn2)C1. The van der Waals surface area contributed by atoms with E-state index in [0.29, 0.717) is 46.4 Å². The van der Waals surface area contributed by atoms with E-state index < -0.39 is 5.97 Å². The average Bonchev–Trinajstić information content (AvgIpc) is 3.37. The van der Waals surface area contributed by atoms with Gasteiger partial charge in [0.1, 0.15) is 0 Å². The van der Waals surface area contributed by atoms with Gasteiger partial charge in [-0.25, -0.2) is 15.0 Å². The Bertz CT molecular complexity index is 1380. The summed E-state index contributed by atoms with van der Waals surface area (Å²) in [6.07, 6.45) is 5.99. The molecule has 10 nitrogen and oxygen atoms in total. The highest BCUT2D eigenvalue weighted by Crippen LogP contribution is 2.31. The lowest BCUT2D eigenvalue weighted by Gasteiger charge is -2.31. The van der Waals surface area contributed by atoms with Gasteiger partial charge < -0.3 is 20.1 Å². The Hall–Kier alpha value is -3.47. The normalized spacial score (nSPS) is 17.9. The third-order valence-corrected chi connectivity index (χ3v) is 7.75. The minimum atomic E-state index is -0.740. The van der Waals surface area contributed by atoms with E-state index in [9.17, 15) is 9.59 Å². The summed E-state index contributed by atoms with van der Waals surface area (Å²) in [6.45, 7) is 5.24. The lowest BCUT2D eigenvalue weighted by Crippen LogP contribution is -2.35. The number of nitrogens with one attached hydrogen (secondary N) is 1. The number of nitrogens with zero attached hydrogens (tertiary/aromatic N) is 5. The molecule has 0 bridgehead atoms. The zero-order valence-corrected chi connectivity index (χ0v) is 24.2. The minimum Gasteiger partial charge on any atom is -0.481 e. The predicted octanol–water partition coefficient (Wildman–Crippen LogP) is 5.04. The van der Waals surface area contributed by atoms with Crippen molar-refractivity contribution >= 4 is 41.0 Å². The van der Waals surface area contributed by atoms with Crippen molar-refractivity contribution in [3.63, 3.8) is 0 Å². The fourth-order valence-electron chi connectivity index (χ4n) is 5.40. The van der Waals surface area contributed by atoms with Gasteiger partial charge in [0.2, 0.25) is 17.7 Å². The van der Waals surface area contributed by atoms with Crippen LogP contribution in [0.3, 0.4) is 0 Å². The topological polar surface area (TPSA) is 121 Å². The van der Waals surface area contributed by atoms with Crippen LogP contribution in [0.5, 0.6) is 11.6 Å². The molecule has 12 heteroatoms. The molecule has 4 heterocycles. The number of halogens is 2. The molecule has 5 rings (SSSR count). The Morgan fingerprint density at radius 2 is 1.73 bits per heavy atom. The molecule has 2 aliphatic rings. The molecule has 1 unspecified atom stereocenters. The van der Waals surface area contributed by atoms with Gasteiger partial charge in [0.05, 0.1) is 18.1 Å². The van der Waals surface area contributed by atoms with Crippen LogP contribution in [0.1, 0.15) is 38.2 Å². The Kier molecular flexibility index (Phi) is 9.22. The number of benzene rings is 1. The minimum absolute atomic E-state index is 0.0432. The highest BCUT2D eigenvalue weighted by Gasteiger charge is 2.25. The van der Waals surface area contributed by atoms with Gasteiger partial charge in [0.25, 0.3) is 0 Å². The molecule has 2 aliphatic heterocycles. The predicted molar refractivity (Wildman–Crippen MR) is 156 cm³/mol. The highest BCUT2D eigenvalue weighted by atomic mass is 35.5. The van der Waals surface area contributed by atoms with Gasteiger partial charge in [0.15, 0.2) is 5.75 Å². The zero-order valence-electron chi connectivity index (χ0n) is 22.7. The third kappa shape index (κ3) is 8.06. The number of amides is 1. The summed E-state index contributed by atoms with van der Waals surface area (Å²) >= 11 is 12.6. The van der Waals surface area contributed by atoms with Crippen LogP contribution in [0.15, 0.2) is 42.7 Å². The maximum Gasteiger partial charge on any atom is 0.303 e. The molecular weight excluding hydrogens is 567 g/mol. The van der Waals surface area contributed by atoms with Crippen LogP contribution >= 0.6 is 23.2 Å². The van der Waals surface area contributed by atoms with E-state index in [2.05, 4.69) is 20.2 Å². The average molecular weight is 600 g/mol. The molecule has 2 N–H and O–H groups in total. The molecule has 0 spiro atoms. The van der Waals surface area contributed by atoms with Crippen LogP contribution in [0.4, 0.5) is 5.95 Å². The molecule has 1 atom stereocenters.